The number of nitrogens with zero attached hydrogens (tertiary/aromatic N) is 3. The first-order chi connectivity index (χ1) is 7.75. The third-order valence-corrected chi connectivity index (χ3v) is 3.00. The molecule has 0 aromatic carbocycles. The van der Waals surface area contributed by atoms with Crippen LogP contribution in [0.1, 0.15) is 19.3 Å². The predicted molar refractivity (Wildman–Crippen MR) is 62.2 cm³/mol. The van der Waals surface area contributed by atoms with Crippen LogP contribution in [0.5, 0.6) is 5.88 Å². The van der Waals surface area contributed by atoms with Crippen LogP contribution in [0.2, 0.25) is 0 Å². The molecule has 1 aromatic rings. The van der Waals surface area contributed by atoms with Gasteiger partial charge in [-0.25, -0.2) is 0 Å². The molecule has 5 heteroatoms. The van der Waals surface area contributed by atoms with Crippen LogP contribution in [0.3, 0.4) is 0 Å². The molecule has 1 saturated heterocycles. The molecule has 16 heavy (non-hydrogen) atoms. The summed E-state index contributed by atoms with van der Waals surface area (Å²) in [6.07, 6.45) is 6.70. The quantitative estimate of drug-likeness (QED) is 0.820. The van der Waals surface area contributed by atoms with Gasteiger partial charge in [0.25, 0.3) is 0 Å². The van der Waals surface area contributed by atoms with E-state index in [1.54, 1.807) is 6.20 Å². The molecule has 0 bridgehead atoms. The first-order valence-electron chi connectivity index (χ1n) is 5.66. The third-order valence-electron chi connectivity index (χ3n) is 3.00. The summed E-state index contributed by atoms with van der Waals surface area (Å²) in [4.78, 5) is 10.3. The molecule has 0 spiro atoms. The van der Waals surface area contributed by atoms with Gasteiger partial charge in [0.2, 0.25) is 5.88 Å². The third kappa shape index (κ3) is 2.82. The van der Waals surface area contributed by atoms with E-state index in [9.17, 15) is 0 Å². The van der Waals surface area contributed by atoms with E-state index in [1.807, 2.05) is 0 Å². The Morgan fingerprint density at radius 3 is 3.12 bits per heavy atom. The highest BCUT2D eigenvalue weighted by molar-refractivity contribution is 5.25. The Hall–Kier alpha value is -1.36. The molecule has 2 rings (SSSR count). The zero-order valence-electron chi connectivity index (χ0n) is 9.59. The maximum atomic E-state index is 5.52. The number of aromatic nitrogens is 2. The summed E-state index contributed by atoms with van der Waals surface area (Å²) in [6.45, 7) is 1.87. The molecule has 1 aliphatic heterocycles. The highest BCUT2D eigenvalue weighted by atomic mass is 16.5. The molecule has 2 heterocycles. The number of rotatable bonds is 4. The van der Waals surface area contributed by atoms with Crippen molar-refractivity contribution in [2.75, 3.05) is 25.9 Å². The number of nitrogens with two attached hydrogens (primary N) is 1. The van der Waals surface area contributed by atoms with Gasteiger partial charge in [0, 0.05) is 6.04 Å². The van der Waals surface area contributed by atoms with Gasteiger partial charge in [-0.15, -0.1) is 0 Å². The van der Waals surface area contributed by atoms with Crippen LogP contribution in [-0.4, -0.2) is 41.1 Å². The molecule has 5 nitrogen and oxygen atoms in total. The molecule has 88 valence electrons. The maximum absolute atomic E-state index is 5.52. The Bertz CT molecular complexity index is 345. The molecule has 1 fully saturated rings. The lowest BCUT2D eigenvalue weighted by molar-refractivity contribution is 0.228. The van der Waals surface area contributed by atoms with Crippen molar-refractivity contribution in [1.29, 1.82) is 0 Å². The van der Waals surface area contributed by atoms with Gasteiger partial charge >= 0.3 is 0 Å². The summed E-state index contributed by atoms with van der Waals surface area (Å²) in [6, 6.07) is 0.647. The van der Waals surface area contributed by atoms with E-state index in [1.165, 1.54) is 25.6 Å². The van der Waals surface area contributed by atoms with Crippen molar-refractivity contribution >= 4 is 5.82 Å². The number of anilines is 1. The molecule has 1 aromatic heterocycles. The largest absolute Gasteiger partial charge is 0.476 e. The first kappa shape index (κ1) is 11.1. The zero-order valence-corrected chi connectivity index (χ0v) is 9.59. The minimum absolute atomic E-state index is 0.399. The topological polar surface area (TPSA) is 64.3 Å². The van der Waals surface area contributed by atoms with Crippen LogP contribution >= 0.6 is 0 Å². The zero-order chi connectivity index (χ0) is 11.4. The van der Waals surface area contributed by atoms with Crippen molar-refractivity contribution in [3.63, 3.8) is 0 Å². The standard InChI is InChI=1S/C11H18N4O/c1-15-5-2-3-9(15)4-6-16-11-8-13-7-10(12)14-11/h7-9H,2-6H2,1H3,(H2,12,14). The van der Waals surface area contributed by atoms with Gasteiger partial charge in [0.15, 0.2) is 0 Å². The molecule has 0 amide bonds. The highest BCUT2D eigenvalue weighted by Crippen LogP contribution is 2.18. The maximum Gasteiger partial charge on any atom is 0.234 e. The molecular formula is C11H18N4O. The Labute approximate surface area is 95.6 Å². The minimum Gasteiger partial charge on any atom is -0.476 e. The lowest BCUT2D eigenvalue weighted by atomic mass is 10.1. The van der Waals surface area contributed by atoms with E-state index in [-0.39, 0.29) is 0 Å². The van der Waals surface area contributed by atoms with E-state index in [0.29, 0.717) is 24.3 Å². The fourth-order valence-electron chi connectivity index (χ4n) is 2.08. The van der Waals surface area contributed by atoms with Crippen LogP contribution in [0.15, 0.2) is 12.4 Å². The Morgan fingerprint density at radius 1 is 1.56 bits per heavy atom. The van der Waals surface area contributed by atoms with Gasteiger partial charge < -0.3 is 15.4 Å². The van der Waals surface area contributed by atoms with E-state index in [0.717, 1.165) is 6.42 Å². The second-order valence-electron chi connectivity index (χ2n) is 4.20. The predicted octanol–water partition coefficient (Wildman–Crippen LogP) is 0.922. The van der Waals surface area contributed by atoms with Gasteiger partial charge in [0.1, 0.15) is 5.82 Å². The number of likely N-dealkylation sites (tertiary alicyclic amines) is 1. The smallest absolute Gasteiger partial charge is 0.234 e. The lowest BCUT2D eigenvalue weighted by Crippen LogP contribution is -2.26. The summed E-state index contributed by atoms with van der Waals surface area (Å²) in [5.74, 6) is 0.913. The fourth-order valence-corrected chi connectivity index (χ4v) is 2.08. The lowest BCUT2D eigenvalue weighted by Gasteiger charge is -2.18. The second kappa shape index (κ2) is 5.12. The second-order valence-corrected chi connectivity index (χ2v) is 4.20. The van der Waals surface area contributed by atoms with Gasteiger partial charge in [-0.2, -0.15) is 4.98 Å². The van der Waals surface area contributed by atoms with E-state index in [2.05, 4.69) is 21.9 Å². The van der Waals surface area contributed by atoms with Crippen molar-refractivity contribution < 1.29 is 4.74 Å². The van der Waals surface area contributed by atoms with Crippen LogP contribution in [0.25, 0.3) is 0 Å². The van der Waals surface area contributed by atoms with Crippen molar-refractivity contribution in [3.8, 4) is 5.88 Å². The van der Waals surface area contributed by atoms with E-state index >= 15 is 0 Å². The van der Waals surface area contributed by atoms with Crippen LogP contribution < -0.4 is 10.5 Å². The van der Waals surface area contributed by atoms with Crippen molar-refractivity contribution in [2.45, 2.75) is 25.3 Å². The summed E-state index contributed by atoms with van der Waals surface area (Å²) in [5, 5.41) is 0. The van der Waals surface area contributed by atoms with Crippen molar-refractivity contribution in [1.82, 2.24) is 14.9 Å². The number of ether oxygens (including phenoxy) is 1. The summed E-state index contributed by atoms with van der Waals surface area (Å²) in [5.41, 5.74) is 5.51. The molecule has 1 unspecified atom stereocenters. The average molecular weight is 222 g/mol. The summed E-state index contributed by atoms with van der Waals surface area (Å²) < 4.78 is 5.52. The van der Waals surface area contributed by atoms with Crippen LogP contribution in [0.4, 0.5) is 5.82 Å². The van der Waals surface area contributed by atoms with Crippen molar-refractivity contribution in [3.05, 3.63) is 12.4 Å². The number of hydrogen-bond donors (Lipinski definition) is 1. The Morgan fingerprint density at radius 2 is 2.44 bits per heavy atom. The Balaban J connectivity index is 1.75. The minimum atomic E-state index is 0.399. The Kier molecular flexibility index (Phi) is 3.56. The molecular weight excluding hydrogens is 204 g/mol. The van der Waals surface area contributed by atoms with E-state index in [4.69, 9.17) is 10.5 Å². The molecule has 1 atom stereocenters. The normalized spacial score (nSPS) is 21.2. The van der Waals surface area contributed by atoms with Gasteiger partial charge in [-0.3, -0.25) is 4.98 Å². The monoisotopic (exact) mass is 222 g/mol. The van der Waals surface area contributed by atoms with Gasteiger partial charge in [0.05, 0.1) is 19.0 Å². The fraction of sp³-hybridized carbons (Fsp3) is 0.636. The molecule has 0 aliphatic carbocycles. The molecule has 0 radical (unpaired) electrons. The van der Waals surface area contributed by atoms with E-state index < -0.39 is 0 Å². The average Bonchev–Trinajstić information content (AvgIpc) is 2.65. The molecule has 1 aliphatic rings. The summed E-state index contributed by atoms with van der Waals surface area (Å²) >= 11 is 0. The number of hydrogen-bond acceptors (Lipinski definition) is 5. The molecule has 2 N–H and O–H groups in total. The first-order valence-corrected chi connectivity index (χ1v) is 5.66. The van der Waals surface area contributed by atoms with Gasteiger partial charge in [-0.1, -0.05) is 0 Å². The summed E-state index contributed by atoms with van der Waals surface area (Å²) in [7, 11) is 2.16. The highest BCUT2D eigenvalue weighted by Gasteiger charge is 2.20. The molecule has 0 saturated carbocycles. The number of nitrogen functional groups attached to an aromatic ring is 1. The van der Waals surface area contributed by atoms with Crippen molar-refractivity contribution in [2.24, 2.45) is 0 Å². The SMILES string of the molecule is CN1CCCC1CCOc1cncc(N)n1. The van der Waals surface area contributed by atoms with Crippen LogP contribution in [-0.2, 0) is 0 Å². The van der Waals surface area contributed by atoms with Gasteiger partial charge in [-0.05, 0) is 32.9 Å². The van der Waals surface area contributed by atoms with Crippen LogP contribution in [0, 0.1) is 0 Å².